The minimum absolute atomic E-state index is 0.203. The first-order chi connectivity index (χ1) is 16.6. The van der Waals surface area contributed by atoms with E-state index in [1.165, 1.54) is 29.5 Å². The van der Waals surface area contributed by atoms with Crippen molar-refractivity contribution in [1.29, 1.82) is 0 Å². The van der Waals surface area contributed by atoms with Gasteiger partial charge in [0, 0.05) is 66.6 Å². The Hall–Kier alpha value is -3.23. The van der Waals surface area contributed by atoms with Crippen molar-refractivity contribution in [1.82, 2.24) is 19.9 Å². The van der Waals surface area contributed by atoms with Gasteiger partial charge < -0.3 is 16.0 Å². The number of anilines is 2. The molecular formula is C26H25N7S. The topological polar surface area (TPSA) is 92.8 Å². The van der Waals surface area contributed by atoms with E-state index in [0.717, 1.165) is 57.8 Å². The first-order valence-electron chi connectivity index (χ1n) is 11.7. The summed E-state index contributed by atoms with van der Waals surface area (Å²) in [5.74, 6) is 1.02. The van der Waals surface area contributed by atoms with Crippen molar-refractivity contribution in [3.63, 3.8) is 0 Å². The highest BCUT2D eigenvalue weighted by molar-refractivity contribution is 7.99. The monoisotopic (exact) mass is 467 g/mol. The molecule has 3 aliphatic rings. The first-order valence-corrected chi connectivity index (χ1v) is 12.6. The lowest BCUT2D eigenvalue weighted by Gasteiger charge is -2.21. The van der Waals surface area contributed by atoms with Crippen molar-refractivity contribution in [3.8, 4) is 11.1 Å². The predicted octanol–water partition coefficient (Wildman–Crippen LogP) is 4.11. The third-order valence-electron chi connectivity index (χ3n) is 7.54. The van der Waals surface area contributed by atoms with Crippen molar-refractivity contribution >= 4 is 34.3 Å². The van der Waals surface area contributed by atoms with E-state index in [4.69, 9.17) is 15.7 Å². The average molecular weight is 468 g/mol. The molecule has 8 heteroatoms. The molecule has 0 amide bonds. The van der Waals surface area contributed by atoms with E-state index in [9.17, 15) is 0 Å². The minimum atomic E-state index is 0.203. The summed E-state index contributed by atoms with van der Waals surface area (Å²) in [6.45, 7) is 1.82. The number of nitrogens with zero attached hydrogens (tertiary/aromatic N) is 5. The van der Waals surface area contributed by atoms with E-state index >= 15 is 0 Å². The molecule has 2 aliphatic carbocycles. The molecule has 4 aromatic rings. The lowest BCUT2D eigenvalue weighted by molar-refractivity contribution is 0.499. The molecule has 1 saturated carbocycles. The van der Waals surface area contributed by atoms with Crippen molar-refractivity contribution in [3.05, 3.63) is 60.0 Å². The highest BCUT2D eigenvalue weighted by Crippen LogP contribution is 2.54. The predicted molar refractivity (Wildman–Crippen MR) is 135 cm³/mol. The van der Waals surface area contributed by atoms with Gasteiger partial charge in [-0.3, -0.25) is 9.97 Å². The Morgan fingerprint density at radius 2 is 2.03 bits per heavy atom. The van der Waals surface area contributed by atoms with Gasteiger partial charge in [-0.15, -0.1) is 0 Å². The number of aromatic nitrogens is 4. The molecule has 1 unspecified atom stereocenters. The number of fused-ring (bicyclic) bond motifs is 4. The smallest absolute Gasteiger partial charge is 0.194 e. The second kappa shape index (κ2) is 7.38. The quantitative estimate of drug-likeness (QED) is 0.382. The molecule has 1 saturated heterocycles. The van der Waals surface area contributed by atoms with Crippen molar-refractivity contribution < 1.29 is 0 Å². The second-order valence-corrected chi connectivity index (χ2v) is 10.6. The lowest BCUT2D eigenvalue weighted by Crippen LogP contribution is -2.30. The van der Waals surface area contributed by atoms with Crippen LogP contribution in [0.25, 0.3) is 22.2 Å². The molecule has 1 atom stereocenters. The molecule has 170 valence electrons. The van der Waals surface area contributed by atoms with Crippen LogP contribution in [0, 0.1) is 5.41 Å². The van der Waals surface area contributed by atoms with Gasteiger partial charge in [-0.05, 0) is 60.0 Å². The zero-order valence-electron chi connectivity index (χ0n) is 19.0. The van der Waals surface area contributed by atoms with E-state index in [1.807, 2.05) is 25.4 Å². The first kappa shape index (κ1) is 20.2. The number of hydrogen-bond acceptors (Lipinski definition) is 8. The lowest BCUT2D eigenvalue weighted by atomic mass is 10.0. The Kier molecular flexibility index (Phi) is 4.38. The Morgan fingerprint density at radius 1 is 1.12 bits per heavy atom. The number of nitrogens with two attached hydrogens (primary N) is 1. The molecule has 0 bridgehead atoms. The summed E-state index contributed by atoms with van der Waals surface area (Å²) in [4.78, 5) is 22.6. The Balaban J connectivity index is 1.33. The second-order valence-electron chi connectivity index (χ2n) is 9.57. The average Bonchev–Trinajstić information content (AvgIpc) is 3.43. The number of benzene rings is 1. The molecule has 4 heterocycles. The highest BCUT2D eigenvalue weighted by atomic mass is 32.2. The fourth-order valence-corrected chi connectivity index (χ4v) is 6.28. The summed E-state index contributed by atoms with van der Waals surface area (Å²) in [6.07, 6.45) is 6.91. The van der Waals surface area contributed by atoms with Crippen molar-refractivity contribution in [2.45, 2.75) is 35.4 Å². The van der Waals surface area contributed by atoms with E-state index < -0.39 is 0 Å². The number of hydrogen-bond donors (Lipinski definition) is 2. The molecule has 7 nitrogen and oxygen atoms in total. The summed E-state index contributed by atoms with van der Waals surface area (Å²) < 4.78 is 0. The zero-order chi connectivity index (χ0) is 22.9. The van der Waals surface area contributed by atoms with Gasteiger partial charge in [0.2, 0.25) is 0 Å². The van der Waals surface area contributed by atoms with Crippen molar-refractivity contribution in [2.75, 3.05) is 30.4 Å². The van der Waals surface area contributed by atoms with Crippen LogP contribution in [-0.4, -0.2) is 46.1 Å². The van der Waals surface area contributed by atoms with Crippen LogP contribution in [0.4, 0.5) is 11.5 Å². The summed E-state index contributed by atoms with van der Waals surface area (Å²) in [7, 11) is 1.98. The molecule has 1 spiro atoms. The van der Waals surface area contributed by atoms with Crippen molar-refractivity contribution in [2.24, 2.45) is 11.1 Å². The van der Waals surface area contributed by atoms with Gasteiger partial charge in [-0.1, -0.05) is 12.1 Å². The molecule has 3 N–H and O–H groups in total. The normalized spacial score (nSPS) is 19.5. The van der Waals surface area contributed by atoms with Crippen LogP contribution in [0.1, 0.15) is 24.1 Å². The van der Waals surface area contributed by atoms with Gasteiger partial charge in [0.15, 0.2) is 5.16 Å². The molecule has 3 aromatic heterocycles. The van der Waals surface area contributed by atoms with Crippen LogP contribution < -0.4 is 16.0 Å². The maximum Gasteiger partial charge on any atom is 0.194 e. The maximum atomic E-state index is 6.59. The Bertz CT molecular complexity index is 1450. The summed E-state index contributed by atoms with van der Waals surface area (Å²) in [5, 5.41) is 4.10. The van der Waals surface area contributed by atoms with Crippen LogP contribution in [0.2, 0.25) is 0 Å². The Morgan fingerprint density at radius 3 is 2.85 bits per heavy atom. The number of rotatable bonds is 4. The van der Waals surface area contributed by atoms with E-state index in [-0.39, 0.29) is 11.5 Å². The number of pyridine rings is 2. The highest BCUT2D eigenvalue weighted by Gasteiger charge is 2.54. The third-order valence-corrected chi connectivity index (χ3v) is 8.36. The zero-order valence-corrected chi connectivity index (χ0v) is 19.8. The van der Waals surface area contributed by atoms with E-state index in [2.05, 4.69) is 44.5 Å². The van der Waals surface area contributed by atoms with E-state index in [0.29, 0.717) is 0 Å². The third kappa shape index (κ3) is 3.09. The molecular weight excluding hydrogens is 442 g/mol. The van der Waals surface area contributed by atoms with Crippen LogP contribution in [0.5, 0.6) is 0 Å². The summed E-state index contributed by atoms with van der Waals surface area (Å²) in [6, 6.07) is 12.6. The number of nitrogens with one attached hydrogen (secondary N) is 1. The van der Waals surface area contributed by atoms with Crippen LogP contribution >= 0.6 is 11.8 Å². The van der Waals surface area contributed by atoms with Gasteiger partial charge in [0.25, 0.3) is 0 Å². The molecule has 0 radical (unpaired) electrons. The maximum absolute atomic E-state index is 6.59. The standard InChI is InChI=1S/C26H25N7S/c1-28-18-5-2-4-16-17(18)11-21-23(16)24(33-13-22(27)26(14-33)7-8-26)32-25(31-21)34-15-10-20-19(30-12-15)6-3-9-29-20/h2-6,9-10,12,22,28H,7-8,11,13-14,27H2,1H3. The molecule has 7 rings (SSSR count). The molecule has 34 heavy (non-hydrogen) atoms. The van der Waals surface area contributed by atoms with Gasteiger partial charge in [0.1, 0.15) is 5.82 Å². The van der Waals surface area contributed by atoms with Crippen LogP contribution in [-0.2, 0) is 6.42 Å². The largest absolute Gasteiger partial charge is 0.388 e. The molecule has 1 aromatic carbocycles. The van der Waals surface area contributed by atoms with Crippen LogP contribution in [0.3, 0.4) is 0 Å². The van der Waals surface area contributed by atoms with Gasteiger partial charge in [-0.25, -0.2) is 9.97 Å². The summed E-state index contributed by atoms with van der Waals surface area (Å²) in [5.41, 5.74) is 14.5. The Labute approximate surface area is 202 Å². The molecule has 2 fully saturated rings. The van der Waals surface area contributed by atoms with Gasteiger partial charge >= 0.3 is 0 Å². The minimum Gasteiger partial charge on any atom is -0.388 e. The molecule has 1 aliphatic heterocycles. The van der Waals surface area contributed by atoms with E-state index in [1.54, 1.807) is 18.0 Å². The fourth-order valence-electron chi connectivity index (χ4n) is 5.50. The summed E-state index contributed by atoms with van der Waals surface area (Å²) >= 11 is 1.55. The van der Waals surface area contributed by atoms with Gasteiger partial charge in [-0.2, -0.15) is 0 Å². The van der Waals surface area contributed by atoms with Gasteiger partial charge in [0.05, 0.1) is 16.7 Å². The fraction of sp³-hybridized carbons (Fsp3) is 0.308. The SMILES string of the molecule is CNc1cccc2c1Cc1nc(Sc3cnc4cccnc4c3)nc(N3CC(N)C4(CC4)C3)c1-2. The van der Waals surface area contributed by atoms with Crippen LogP contribution in [0.15, 0.2) is 58.8 Å².